The minimum absolute atomic E-state index is 0.136. The first-order valence-electron chi connectivity index (χ1n) is 10.4. The van der Waals surface area contributed by atoms with E-state index in [1.807, 2.05) is 30.2 Å². The van der Waals surface area contributed by atoms with E-state index in [1.54, 1.807) is 12.1 Å². The number of aliphatic hydroxyl groups excluding tert-OH is 2. The van der Waals surface area contributed by atoms with Crippen molar-refractivity contribution in [3.8, 4) is 5.75 Å². The first kappa shape index (κ1) is 22.1. The number of methoxy groups -OCH3 is 1. The van der Waals surface area contributed by atoms with Crippen LogP contribution >= 0.6 is 11.6 Å². The molecule has 2 aliphatic heterocycles. The Balaban J connectivity index is 1.72. The molecule has 0 aliphatic carbocycles. The number of halogens is 2. The summed E-state index contributed by atoms with van der Waals surface area (Å²) < 4.78 is 25.9. The Morgan fingerprint density at radius 3 is 2.77 bits per heavy atom. The number of rotatable bonds is 5. The Hall–Kier alpha value is -2.12. The number of hydrogen-bond acceptors (Lipinski definition) is 5. The normalized spacial score (nSPS) is 23.4. The van der Waals surface area contributed by atoms with E-state index >= 15 is 0 Å². The third-order valence-corrected chi connectivity index (χ3v) is 6.36. The third kappa shape index (κ3) is 4.58. The van der Waals surface area contributed by atoms with Gasteiger partial charge in [0.15, 0.2) is 0 Å². The number of anilines is 1. The molecule has 0 aromatic heterocycles. The van der Waals surface area contributed by atoms with Gasteiger partial charge < -0.3 is 24.6 Å². The summed E-state index contributed by atoms with van der Waals surface area (Å²) in [5.74, 6) is 0.111. The molecule has 4 rings (SSSR count). The highest BCUT2D eigenvalue weighted by Crippen LogP contribution is 2.41. The van der Waals surface area contributed by atoms with Crippen LogP contribution in [0.1, 0.15) is 29.5 Å². The van der Waals surface area contributed by atoms with Gasteiger partial charge in [-0.25, -0.2) is 4.39 Å². The van der Waals surface area contributed by atoms with Gasteiger partial charge in [-0.3, -0.25) is 0 Å². The highest BCUT2D eigenvalue weighted by Gasteiger charge is 2.33. The molecule has 0 bridgehead atoms. The van der Waals surface area contributed by atoms with Crippen LogP contribution in [0.3, 0.4) is 0 Å². The van der Waals surface area contributed by atoms with Crippen LogP contribution < -0.4 is 9.64 Å². The fraction of sp³-hybridized carbons (Fsp3) is 0.417. The van der Waals surface area contributed by atoms with Crippen molar-refractivity contribution in [2.75, 3.05) is 18.6 Å². The topological polar surface area (TPSA) is 62.2 Å². The zero-order valence-corrected chi connectivity index (χ0v) is 18.4. The molecule has 1 fully saturated rings. The fourth-order valence-electron chi connectivity index (χ4n) is 4.39. The maximum absolute atomic E-state index is 14.7. The first-order valence-corrected chi connectivity index (χ1v) is 10.8. The summed E-state index contributed by atoms with van der Waals surface area (Å²) in [6.45, 7) is 2.18. The molecule has 0 radical (unpaired) electrons. The van der Waals surface area contributed by atoms with Crippen molar-refractivity contribution >= 4 is 17.3 Å². The van der Waals surface area contributed by atoms with Crippen molar-refractivity contribution in [3.63, 3.8) is 0 Å². The molecule has 2 aromatic carbocycles. The number of hydrogen-bond donors (Lipinski definition) is 2. The molecule has 2 heterocycles. The lowest BCUT2D eigenvalue weighted by molar-refractivity contribution is -0.0982. The molecular formula is C24H27ClFNO4. The summed E-state index contributed by atoms with van der Waals surface area (Å²) in [4.78, 5) is 1.95. The van der Waals surface area contributed by atoms with E-state index in [2.05, 4.69) is 0 Å². The highest BCUT2D eigenvalue weighted by atomic mass is 35.5. The predicted molar refractivity (Wildman–Crippen MR) is 118 cm³/mol. The van der Waals surface area contributed by atoms with Gasteiger partial charge in [-0.2, -0.15) is 0 Å². The zero-order valence-electron chi connectivity index (χ0n) is 17.6. The number of benzene rings is 2. The molecule has 0 spiro atoms. The quantitative estimate of drug-likeness (QED) is 0.721. The van der Waals surface area contributed by atoms with Gasteiger partial charge in [0.05, 0.1) is 49.3 Å². The highest BCUT2D eigenvalue weighted by molar-refractivity contribution is 6.33. The molecule has 2 N–H and O–H groups in total. The van der Waals surface area contributed by atoms with Crippen LogP contribution in [0.15, 0.2) is 42.1 Å². The van der Waals surface area contributed by atoms with E-state index in [0.29, 0.717) is 35.6 Å². The van der Waals surface area contributed by atoms with Gasteiger partial charge in [0.25, 0.3) is 0 Å². The van der Waals surface area contributed by atoms with E-state index in [1.165, 1.54) is 13.2 Å². The third-order valence-electron chi connectivity index (χ3n) is 6.05. The van der Waals surface area contributed by atoms with Crippen LogP contribution in [0.4, 0.5) is 10.1 Å². The number of fused-ring (bicyclic) bond motifs is 1. The summed E-state index contributed by atoms with van der Waals surface area (Å²) in [5, 5.41) is 20.4. The van der Waals surface area contributed by atoms with E-state index in [-0.39, 0.29) is 25.1 Å². The van der Waals surface area contributed by atoms with Crippen LogP contribution in [-0.2, 0) is 17.7 Å². The summed E-state index contributed by atoms with van der Waals surface area (Å²) in [6.07, 6.45) is 2.20. The van der Waals surface area contributed by atoms with Gasteiger partial charge in [-0.15, -0.1) is 0 Å². The van der Waals surface area contributed by atoms with Crippen molar-refractivity contribution in [2.24, 2.45) is 0 Å². The average molecular weight is 448 g/mol. The lowest BCUT2D eigenvalue weighted by Gasteiger charge is -2.38. The van der Waals surface area contributed by atoms with Crippen LogP contribution in [0, 0.1) is 12.7 Å². The lowest BCUT2D eigenvalue weighted by Crippen LogP contribution is -2.40. The predicted octanol–water partition coefficient (Wildman–Crippen LogP) is 4.14. The van der Waals surface area contributed by atoms with Gasteiger partial charge in [0, 0.05) is 30.7 Å². The van der Waals surface area contributed by atoms with Crippen molar-refractivity contribution in [1.29, 1.82) is 0 Å². The van der Waals surface area contributed by atoms with Crippen molar-refractivity contribution in [2.45, 2.75) is 51.0 Å². The van der Waals surface area contributed by atoms with E-state index in [9.17, 15) is 14.6 Å². The Labute approximate surface area is 186 Å². The second-order valence-corrected chi connectivity index (χ2v) is 8.62. The Morgan fingerprint density at radius 2 is 2.06 bits per heavy atom. The lowest BCUT2D eigenvalue weighted by atomic mass is 9.88. The fourth-order valence-corrected chi connectivity index (χ4v) is 4.68. The molecule has 0 saturated carbocycles. The van der Waals surface area contributed by atoms with Gasteiger partial charge in [0.1, 0.15) is 11.6 Å². The summed E-state index contributed by atoms with van der Waals surface area (Å²) in [6, 6.07) is 8.65. The number of aryl methyl sites for hydroxylation is 1. The molecule has 7 heteroatoms. The standard InChI is InChI=1S/C24H27ClFNO4/c1-14-3-6-21(25)24-20(14)7-16(23-9-17(29)8-19(13-28)31-23)12-27(24)11-15-4-5-18(30-2)10-22(15)26/h3-6,10,12,17,19,23,28-29H,7-9,11,13H2,1-2H3/t17-,19-,23+/m0/s1. The molecule has 2 aromatic rings. The molecular weight excluding hydrogens is 421 g/mol. The van der Waals surface area contributed by atoms with Gasteiger partial charge in [-0.05, 0) is 42.2 Å². The Bertz CT molecular complexity index is 996. The maximum Gasteiger partial charge on any atom is 0.131 e. The molecule has 2 aliphatic rings. The summed E-state index contributed by atoms with van der Waals surface area (Å²) in [5.41, 5.74) is 4.49. The van der Waals surface area contributed by atoms with E-state index in [0.717, 1.165) is 22.4 Å². The van der Waals surface area contributed by atoms with Crippen molar-refractivity contribution < 1.29 is 24.1 Å². The molecule has 31 heavy (non-hydrogen) atoms. The Morgan fingerprint density at radius 1 is 1.26 bits per heavy atom. The summed E-state index contributed by atoms with van der Waals surface area (Å²) in [7, 11) is 1.51. The van der Waals surface area contributed by atoms with E-state index in [4.69, 9.17) is 21.1 Å². The van der Waals surface area contributed by atoms with Crippen LogP contribution in [0.5, 0.6) is 5.75 Å². The van der Waals surface area contributed by atoms with Crippen LogP contribution in [-0.4, -0.2) is 42.2 Å². The number of aliphatic hydroxyl groups is 2. The minimum Gasteiger partial charge on any atom is -0.497 e. The van der Waals surface area contributed by atoms with Crippen molar-refractivity contribution in [3.05, 3.63) is 69.6 Å². The Kier molecular flexibility index (Phi) is 6.53. The smallest absolute Gasteiger partial charge is 0.131 e. The molecule has 0 unspecified atom stereocenters. The minimum atomic E-state index is -0.536. The largest absolute Gasteiger partial charge is 0.497 e. The van der Waals surface area contributed by atoms with Gasteiger partial charge >= 0.3 is 0 Å². The molecule has 1 saturated heterocycles. The zero-order chi connectivity index (χ0) is 22.1. The van der Waals surface area contributed by atoms with Crippen LogP contribution in [0.2, 0.25) is 5.02 Å². The van der Waals surface area contributed by atoms with E-state index < -0.39 is 12.2 Å². The second kappa shape index (κ2) is 9.17. The maximum atomic E-state index is 14.7. The van der Waals surface area contributed by atoms with Crippen molar-refractivity contribution in [1.82, 2.24) is 0 Å². The molecule has 166 valence electrons. The number of nitrogens with zero attached hydrogens (tertiary/aromatic N) is 1. The molecule has 3 atom stereocenters. The first-order chi connectivity index (χ1) is 14.9. The van der Waals surface area contributed by atoms with Gasteiger partial charge in [-0.1, -0.05) is 23.7 Å². The van der Waals surface area contributed by atoms with Gasteiger partial charge in [0.2, 0.25) is 0 Å². The monoisotopic (exact) mass is 447 g/mol. The number of ether oxygens (including phenoxy) is 2. The SMILES string of the molecule is COc1ccc(CN2C=C([C@H]3C[C@@H](O)C[C@@H](CO)O3)Cc3c(C)ccc(Cl)c32)c(F)c1. The average Bonchev–Trinajstić information content (AvgIpc) is 2.76. The second-order valence-electron chi connectivity index (χ2n) is 8.21. The summed E-state index contributed by atoms with van der Waals surface area (Å²) >= 11 is 6.58. The molecule has 0 amide bonds. The van der Waals surface area contributed by atoms with Crippen LogP contribution in [0.25, 0.3) is 0 Å². The molecule has 5 nitrogen and oxygen atoms in total.